The normalized spacial score (nSPS) is 14.2. The van der Waals surface area contributed by atoms with E-state index >= 15 is 0 Å². The van der Waals surface area contributed by atoms with E-state index in [4.69, 9.17) is 10.5 Å². The Labute approximate surface area is 130 Å². The molecular formula is C18H32N2O. The van der Waals surface area contributed by atoms with Gasteiger partial charge >= 0.3 is 0 Å². The van der Waals surface area contributed by atoms with Gasteiger partial charge < -0.3 is 10.5 Å². The van der Waals surface area contributed by atoms with Crippen LogP contribution < -0.4 is 10.5 Å². The van der Waals surface area contributed by atoms with Gasteiger partial charge in [-0.25, -0.2) is 0 Å². The molecule has 3 nitrogen and oxygen atoms in total. The van der Waals surface area contributed by atoms with Crippen molar-refractivity contribution in [3.8, 4) is 5.75 Å². The maximum atomic E-state index is 6.14. The van der Waals surface area contributed by atoms with E-state index in [0.717, 1.165) is 38.1 Å². The Bertz CT molecular complexity index is 402. The number of nitrogens with zero attached hydrogens (tertiary/aromatic N) is 1. The number of hydrogen-bond donors (Lipinski definition) is 1. The molecule has 0 aliphatic heterocycles. The Hall–Kier alpha value is -1.06. The van der Waals surface area contributed by atoms with Crippen LogP contribution in [-0.4, -0.2) is 36.7 Å². The molecule has 1 atom stereocenters. The molecule has 21 heavy (non-hydrogen) atoms. The van der Waals surface area contributed by atoms with Crippen LogP contribution in [0.4, 0.5) is 0 Å². The van der Waals surface area contributed by atoms with Crippen molar-refractivity contribution in [1.29, 1.82) is 0 Å². The SMILES string of the molecule is CCCN(CCC)C(C)(CN)Cc1cccc(OCC)c1. The van der Waals surface area contributed by atoms with Gasteiger partial charge in [0.2, 0.25) is 0 Å². The van der Waals surface area contributed by atoms with E-state index in [0.29, 0.717) is 13.2 Å². The maximum absolute atomic E-state index is 6.14. The summed E-state index contributed by atoms with van der Waals surface area (Å²) in [7, 11) is 0. The summed E-state index contributed by atoms with van der Waals surface area (Å²) in [5.41, 5.74) is 7.45. The maximum Gasteiger partial charge on any atom is 0.119 e. The zero-order valence-corrected chi connectivity index (χ0v) is 14.2. The van der Waals surface area contributed by atoms with Gasteiger partial charge in [0.1, 0.15) is 5.75 Å². The van der Waals surface area contributed by atoms with Crippen LogP contribution in [-0.2, 0) is 6.42 Å². The Balaban J connectivity index is 2.89. The van der Waals surface area contributed by atoms with Crippen LogP contribution in [0.3, 0.4) is 0 Å². The third-order valence-electron chi connectivity index (χ3n) is 3.98. The van der Waals surface area contributed by atoms with E-state index in [1.54, 1.807) is 0 Å². The lowest BCUT2D eigenvalue weighted by Crippen LogP contribution is -2.53. The second kappa shape index (κ2) is 9.06. The van der Waals surface area contributed by atoms with Crippen molar-refractivity contribution in [2.45, 2.75) is 52.5 Å². The van der Waals surface area contributed by atoms with Crippen molar-refractivity contribution in [3.63, 3.8) is 0 Å². The average molecular weight is 292 g/mol. The molecule has 0 aromatic heterocycles. The quantitative estimate of drug-likeness (QED) is 0.717. The lowest BCUT2D eigenvalue weighted by atomic mass is 9.90. The summed E-state index contributed by atoms with van der Waals surface area (Å²) in [6.45, 7) is 12.3. The van der Waals surface area contributed by atoms with E-state index in [1.165, 1.54) is 5.56 Å². The summed E-state index contributed by atoms with van der Waals surface area (Å²) in [5.74, 6) is 0.951. The predicted octanol–water partition coefficient (Wildman–Crippen LogP) is 3.47. The molecule has 1 unspecified atom stereocenters. The fourth-order valence-electron chi connectivity index (χ4n) is 2.86. The average Bonchev–Trinajstić information content (AvgIpc) is 2.47. The molecule has 120 valence electrons. The minimum Gasteiger partial charge on any atom is -0.494 e. The van der Waals surface area contributed by atoms with Gasteiger partial charge in [0.15, 0.2) is 0 Å². The summed E-state index contributed by atoms with van der Waals surface area (Å²) < 4.78 is 5.61. The number of ether oxygens (including phenoxy) is 1. The molecule has 0 saturated heterocycles. The van der Waals surface area contributed by atoms with Crippen LogP contribution in [0.15, 0.2) is 24.3 Å². The lowest BCUT2D eigenvalue weighted by Gasteiger charge is -2.41. The fourth-order valence-corrected chi connectivity index (χ4v) is 2.86. The first kappa shape index (κ1) is 18.0. The summed E-state index contributed by atoms with van der Waals surface area (Å²) in [4.78, 5) is 2.54. The standard InChI is InChI=1S/C18H32N2O/c1-5-11-20(12-6-2)18(4,15-19)14-16-9-8-10-17(13-16)21-7-3/h8-10,13H,5-7,11-12,14-15,19H2,1-4H3. The number of hydrogen-bond acceptors (Lipinski definition) is 3. The summed E-state index contributed by atoms with van der Waals surface area (Å²) in [6, 6.07) is 8.41. The topological polar surface area (TPSA) is 38.5 Å². The molecule has 0 radical (unpaired) electrons. The van der Waals surface area contributed by atoms with Crippen molar-refractivity contribution in [1.82, 2.24) is 4.90 Å². The van der Waals surface area contributed by atoms with Crippen molar-refractivity contribution in [3.05, 3.63) is 29.8 Å². The highest BCUT2D eigenvalue weighted by molar-refractivity contribution is 5.29. The molecule has 0 heterocycles. The van der Waals surface area contributed by atoms with Crippen molar-refractivity contribution in [2.24, 2.45) is 5.73 Å². The van der Waals surface area contributed by atoms with Crippen molar-refractivity contribution >= 4 is 0 Å². The molecule has 1 aromatic carbocycles. The molecule has 0 fully saturated rings. The molecule has 0 amide bonds. The highest BCUT2D eigenvalue weighted by Gasteiger charge is 2.29. The van der Waals surface area contributed by atoms with Crippen LogP contribution in [0.5, 0.6) is 5.75 Å². The fraction of sp³-hybridized carbons (Fsp3) is 0.667. The minimum atomic E-state index is 0.0108. The Morgan fingerprint density at radius 1 is 1.14 bits per heavy atom. The molecule has 2 N–H and O–H groups in total. The van der Waals surface area contributed by atoms with Crippen LogP contribution in [0.25, 0.3) is 0 Å². The first-order chi connectivity index (χ1) is 10.1. The second-order valence-electron chi connectivity index (χ2n) is 5.95. The van der Waals surface area contributed by atoms with Crippen LogP contribution in [0.1, 0.15) is 46.1 Å². The van der Waals surface area contributed by atoms with Gasteiger partial charge in [-0.15, -0.1) is 0 Å². The Morgan fingerprint density at radius 3 is 2.33 bits per heavy atom. The van der Waals surface area contributed by atoms with E-state index in [-0.39, 0.29) is 5.54 Å². The molecule has 3 heteroatoms. The smallest absolute Gasteiger partial charge is 0.119 e. The number of nitrogens with two attached hydrogens (primary N) is 1. The van der Waals surface area contributed by atoms with Crippen LogP contribution in [0, 0.1) is 0 Å². The molecule has 0 aliphatic carbocycles. The second-order valence-corrected chi connectivity index (χ2v) is 5.95. The molecular weight excluding hydrogens is 260 g/mol. The molecule has 0 spiro atoms. The molecule has 0 saturated carbocycles. The summed E-state index contributed by atoms with van der Waals surface area (Å²) in [5, 5.41) is 0. The van der Waals surface area contributed by atoms with Gasteiger partial charge in [0.05, 0.1) is 6.61 Å². The van der Waals surface area contributed by atoms with Crippen LogP contribution in [0.2, 0.25) is 0 Å². The molecule has 1 rings (SSSR count). The summed E-state index contributed by atoms with van der Waals surface area (Å²) >= 11 is 0. The predicted molar refractivity (Wildman–Crippen MR) is 90.9 cm³/mol. The third kappa shape index (κ3) is 5.33. The molecule has 0 aliphatic rings. The van der Waals surface area contributed by atoms with Gasteiger partial charge in [-0.3, -0.25) is 4.90 Å². The third-order valence-corrected chi connectivity index (χ3v) is 3.98. The van der Waals surface area contributed by atoms with Gasteiger partial charge in [-0.2, -0.15) is 0 Å². The highest BCUT2D eigenvalue weighted by atomic mass is 16.5. The van der Waals surface area contributed by atoms with Gasteiger partial charge in [0, 0.05) is 12.1 Å². The van der Waals surface area contributed by atoms with E-state index in [2.05, 4.69) is 43.9 Å². The molecule has 1 aromatic rings. The Kier molecular flexibility index (Phi) is 7.76. The summed E-state index contributed by atoms with van der Waals surface area (Å²) in [6.07, 6.45) is 3.29. The number of benzene rings is 1. The van der Waals surface area contributed by atoms with Crippen molar-refractivity contribution in [2.75, 3.05) is 26.2 Å². The Morgan fingerprint density at radius 2 is 1.81 bits per heavy atom. The highest BCUT2D eigenvalue weighted by Crippen LogP contribution is 2.23. The van der Waals surface area contributed by atoms with Gasteiger partial charge in [-0.1, -0.05) is 26.0 Å². The van der Waals surface area contributed by atoms with E-state index in [9.17, 15) is 0 Å². The molecule has 0 bridgehead atoms. The van der Waals surface area contributed by atoms with E-state index in [1.807, 2.05) is 13.0 Å². The van der Waals surface area contributed by atoms with Gasteiger partial charge in [0.25, 0.3) is 0 Å². The first-order valence-corrected chi connectivity index (χ1v) is 8.26. The number of rotatable bonds is 10. The van der Waals surface area contributed by atoms with Crippen LogP contribution >= 0.6 is 0 Å². The van der Waals surface area contributed by atoms with E-state index < -0.39 is 0 Å². The van der Waals surface area contributed by atoms with Gasteiger partial charge in [-0.05, 0) is 63.9 Å². The monoisotopic (exact) mass is 292 g/mol. The zero-order valence-electron chi connectivity index (χ0n) is 14.2. The van der Waals surface area contributed by atoms with Crippen molar-refractivity contribution < 1.29 is 4.74 Å². The zero-order chi connectivity index (χ0) is 15.7. The minimum absolute atomic E-state index is 0.0108. The lowest BCUT2D eigenvalue weighted by molar-refractivity contribution is 0.109. The largest absolute Gasteiger partial charge is 0.494 e. The first-order valence-electron chi connectivity index (χ1n) is 8.26.